The number of benzene rings is 1. The highest BCUT2D eigenvalue weighted by molar-refractivity contribution is 5.96. The molecule has 0 unspecified atom stereocenters. The minimum absolute atomic E-state index is 0.0581. The zero-order valence-corrected chi connectivity index (χ0v) is 14.7. The standard InChI is InChI=1S/C18H21FN4O3/c1-3-22-7-8-23(12(2)17(22)24)18(25)16-10-14(20-21-16)11-26-15-6-4-5-13(19)9-15/h4-6,9-10,12H,3,7-8,11H2,1-2H3,(H,20,21)/t12-/m1/s1. The van der Waals surface area contributed by atoms with Gasteiger partial charge in [0.1, 0.15) is 24.2 Å². The topological polar surface area (TPSA) is 78.5 Å². The summed E-state index contributed by atoms with van der Waals surface area (Å²) in [6.45, 7) is 5.40. The number of ether oxygens (including phenoxy) is 1. The number of piperazine rings is 1. The second-order valence-electron chi connectivity index (χ2n) is 6.12. The molecule has 1 saturated heterocycles. The van der Waals surface area contributed by atoms with Crippen LogP contribution >= 0.6 is 0 Å². The molecule has 1 atom stereocenters. The van der Waals surface area contributed by atoms with E-state index in [4.69, 9.17) is 4.74 Å². The minimum atomic E-state index is -0.514. The molecule has 2 amide bonds. The van der Waals surface area contributed by atoms with Crippen molar-refractivity contribution >= 4 is 11.8 Å². The molecule has 0 saturated carbocycles. The fraction of sp³-hybridized carbons (Fsp3) is 0.389. The van der Waals surface area contributed by atoms with Crippen molar-refractivity contribution in [3.05, 3.63) is 47.5 Å². The molecule has 138 valence electrons. The molecule has 0 radical (unpaired) electrons. The molecule has 1 aromatic carbocycles. The van der Waals surface area contributed by atoms with Crippen LogP contribution in [0.1, 0.15) is 30.0 Å². The van der Waals surface area contributed by atoms with Gasteiger partial charge in [0.05, 0.1) is 5.69 Å². The lowest BCUT2D eigenvalue weighted by atomic mass is 10.1. The Morgan fingerprint density at radius 3 is 2.92 bits per heavy atom. The predicted octanol–water partition coefficient (Wildman–Crippen LogP) is 1.82. The third kappa shape index (κ3) is 3.68. The van der Waals surface area contributed by atoms with E-state index < -0.39 is 6.04 Å². The van der Waals surface area contributed by atoms with Gasteiger partial charge in [0.15, 0.2) is 5.69 Å². The highest BCUT2D eigenvalue weighted by Crippen LogP contribution is 2.16. The number of nitrogens with zero attached hydrogens (tertiary/aromatic N) is 3. The Balaban J connectivity index is 1.64. The summed E-state index contributed by atoms with van der Waals surface area (Å²) in [6, 6.07) is 6.89. The lowest BCUT2D eigenvalue weighted by molar-refractivity contribution is -0.139. The molecular weight excluding hydrogens is 339 g/mol. The second-order valence-corrected chi connectivity index (χ2v) is 6.12. The van der Waals surface area contributed by atoms with Crippen molar-refractivity contribution in [2.75, 3.05) is 19.6 Å². The first kappa shape index (κ1) is 17.9. The van der Waals surface area contributed by atoms with Gasteiger partial charge in [-0.15, -0.1) is 0 Å². The van der Waals surface area contributed by atoms with Crippen LogP contribution in [0.5, 0.6) is 5.75 Å². The Morgan fingerprint density at radius 1 is 1.38 bits per heavy atom. The zero-order valence-electron chi connectivity index (χ0n) is 14.7. The molecule has 8 heteroatoms. The van der Waals surface area contributed by atoms with Crippen LogP contribution in [0.3, 0.4) is 0 Å². The molecule has 1 N–H and O–H groups in total. The zero-order chi connectivity index (χ0) is 18.7. The number of carbonyl (C=O) groups is 2. The number of nitrogens with one attached hydrogen (secondary N) is 1. The molecule has 7 nitrogen and oxygen atoms in total. The van der Waals surface area contributed by atoms with Gasteiger partial charge in [0.2, 0.25) is 5.91 Å². The van der Waals surface area contributed by atoms with Gasteiger partial charge in [-0.2, -0.15) is 5.10 Å². The maximum Gasteiger partial charge on any atom is 0.275 e. The Bertz CT molecular complexity index is 807. The predicted molar refractivity (Wildman–Crippen MR) is 92.1 cm³/mol. The van der Waals surface area contributed by atoms with Crippen LogP contribution in [0, 0.1) is 5.82 Å². The monoisotopic (exact) mass is 360 g/mol. The van der Waals surface area contributed by atoms with Crippen molar-refractivity contribution in [2.45, 2.75) is 26.5 Å². The van der Waals surface area contributed by atoms with E-state index >= 15 is 0 Å². The van der Waals surface area contributed by atoms with Crippen LogP contribution in [0.4, 0.5) is 4.39 Å². The van der Waals surface area contributed by atoms with E-state index in [1.54, 1.807) is 30.0 Å². The summed E-state index contributed by atoms with van der Waals surface area (Å²) < 4.78 is 18.6. The summed E-state index contributed by atoms with van der Waals surface area (Å²) in [5, 5.41) is 6.77. The van der Waals surface area contributed by atoms with Crippen LogP contribution in [-0.2, 0) is 11.4 Å². The Kier molecular flexibility index (Phi) is 5.20. The Labute approximate surface area is 150 Å². The highest BCUT2D eigenvalue weighted by atomic mass is 19.1. The van der Waals surface area contributed by atoms with E-state index in [2.05, 4.69) is 10.2 Å². The summed E-state index contributed by atoms with van der Waals surface area (Å²) in [6.07, 6.45) is 0. The summed E-state index contributed by atoms with van der Waals surface area (Å²) in [5.41, 5.74) is 0.816. The second kappa shape index (κ2) is 7.55. The van der Waals surface area contributed by atoms with Crippen molar-refractivity contribution in [3.8, 4) is 5.75 Å². The number of carbonyl (C=O) groups excluding carboxylic acids is 2. The molecule has 2 heterocycles. The number of H-pyrrole nitrogens is 1. The van der Waals surface area contributed by atoms with E-state index in [9.17, 15) is 14.0 Å². The van der Waals surface area contributed by atoms with Gasteiger partial charge in [-0.1, -0.05) is 6.07 Å². The average molecular weight is 360 g/mol. The molecule has 0 spiro atoms. The van der Waals surface area contributed by atoms with Crippen LogP contribution < -0.4 is 4.74 Å². The number of aromatic nitrogens is 2. The molecule has 1 fully saturated rings. The number of hydrogen-bond donors (Lipinski definition) is 1. The third-order valence-corrected chi connectivity index (χ3v) is 4.43. The van der Waals surface area contributed by atoms with Crippen LogP contribution in [-0.4, -0.2) is 57.5 Å². The number of hydrogen-bond acceptors (Lipinski definition) is 4. The first-order valence-corrected chi connectivity index (χ1v) is 8.52. The van der Waals surface area contributed by atoms with Gasteiger partial charge in [0.25, 0.3) is 5.91 Å². The van der Waals surface area contributed by atoms with Crippen LogP contribution in [0.25, 0.3) is 0 Å². The summed E-state index contributed by atoms with van der Waals surface area (Å²) >= 11 is 0. The van der Waals surface area contributed by atoms with Gasteiger partial charge in [-0.05, 0) is 32.0 Å². The first-order chi connectivity index (χ1) is 12.5. The lowest BCUT2D eigenvalue weighted by Gasteiger charge is -2.38. The van der Waals surface area contributed by atoms with E-state index in [0.717, 1.165) is 0 Å². The van der Waals surface area contributed by atoms with Gasteiger partial charge >= 0.3 is 0 Å². The molecule has 2 aromatic rings. The molecule has 1 aromatic heterocycles. The normalized spacial score (nSPS) is 17.5. The molecule has 1 aliphatic heterocycles. The number of rotatable bonds is 5. The van der Waals surface area contributed by atoms with Crippen molar-refractivity contribution in [1.29, 1.82) is 0 Å². The van der Waals surface area contributed by atoms with Crippen molar-refractivity contribution in [3.63, 3.8) is 0 Å². The molecule has 3 rings (SSSR count). The maximum atomic E-state index is 13.1. The van der Waals surface area contributed by atoms with Gasteiger partial charge in [-0.25, -0.2) is 4.39 Å². The van der Waals surface area contributed by atoms with E-state index in [-0.39, 0.29) is 29.9 Å². The van der Waals surface area contributed by atoms with E-state index in [1.165, 1.54) is 17.0 Å². The fourth-order valence-corrected chi connectivity index (χ4v) is 2.93. The van der Waals surface area contributed by atoms with Gasteiger partial charge in [0, 0.05) is 25.7 Å². The van der Waals surface area contributed by atoms with E-state index in [0.29, 0.717) is 31.1 Å². The fourth-order valence-electron chi connectivity index (χ4n) is 2.93. The van der Waals surface area contributed by atoms with Crippen LogP contribution in [0.15, 0.2) is 30.3 Å². The van der Waals surface area contributed by atoms with Gasteiger partial charge < -0.3 is 14.5 Å². The lowest BCUT2D eigenvalue weighted by Crippen LogP contribution is -2.57. The summed E-state index contributed by atoms with van der Waals surface area (Å²) in [7, 11) is 0. The smallest absolute Gasteiger partial charge is 0.275 e. The number of amides is 2. The maximum absolute atomic E-state index is 13.1. The van der Waals surface area contributed by atoms with Gasteiger partial charge in [-0.3, -0.25) is 14.7 Å². The molecular formula is C18H21FN4O3. The largest absolute Gasteiger partial charge is 0.487 e. The molecule has 0 bridgehead atoms. The third-order valence-electron chi connectivity index (χ3n) is 4.43. The number of halogens is 1. The number of likely N-dealkylation sites (N-methyl/N-ethyl adjacent to an activating group) is 1. The highest BCUT2D eigenvalue weighted by Gasteiger charge is 2.34. The molecule has 0 aliphatic carbocycles. The number of aromatic amines is 1. The average Bonchev–Trinajstić information content (AvgIpc) is 3.11. The Morgan fingerprint density at radius 2 is 2.19 bits per heavy atom. The Hall–Kier alpha value is -2.90. The quantitative estimate of drug-likeness (QED) is 0.882. The van der Waals surface area contributed by atoms with Crippen molar-refractivity contribution < 1.29 is 18.7 Å². The first-order valence-electron chi connectivity index (χ1n) is 8.52. The van der Waals surface area contributed by atoms with E-state index in [1.807, 2.05) is 6.92 Å². The summed E-state index contributed by atoms with van der Waals surface area (Å²) in [5.74, 6) is -0.345. The molecule has 1 aliphatic rings. The SMILES string of the molecule is CCN1CCN(C(=O)c2cc(COc3cccc(F)c3)[nH]n2)[C@H](C)C1=O. The minimum Gasteiger partial charge on any atom is -0.487 e. The summed E-state index contributed by atoms with van der Waals surface area (Å²) in [4.78, 5) is 28.2. The van der Waals surface area contributed by atoms with Crippen LogP contribution in [0.2, 0.25) is 0 Å². The van der Waals surface area contributed by atoms with Crippen molar-refractivity contribution in [1.82, 2.24) is 20.0 Å². The molecule has 26 heavy (non-hydrogen) atoms. The van der Waals surface area contributed by atoms with Crippen molar-refractivity contribution in [2.24, 2.45) is 0 Å².